The maximum Gasteiger partial charge on any atom is 0.252 e. The molecule has 0 saturated carbocycles. The van der Waals surface area contributed by atoms with Crippen LogP contribution in [-0.2, 0) is 11.2 Å². The molecule has 2 heterocycles. The van der Waals surface area contributed by atoms with Gasteiger partial charge in [-0.1, -0.05) is 18.2 Å². The Morgan fingerprint density at radius 2 is 2.20 bits per heavy atom. The molecule has 1 aromatic heterocycles. The first kappa shape index (κ1) is 17.2. The van der Waals surface area contributed by atoms with Gasteiger partial charge >= 0.3 is 0 Å². The second-order valence-electron chi connectivity index (χ2n) is 5.81. The van der Waals surface area contributed by atoms with Crippen molar-refractivity contribution < 1.29 is 19.0 Å². The minimum atomic E-state index is -0.154. The summed E-state index contributed by atoms with van der Waals surface area (Å²) in [5, 5.41) is 2.90. The zero-order valence-electron chi connectivity index (χ0n) is 14.2. The summed E-state index contributed by atoms with van der Waals surface area (Å²) in [6.45, 7) is 1.83. The van der Waals surface area contributed by atoms with Crippen molar-refractivity contribution >= 4 is 5.91 Å². The molecule has 1 aliphatic heterocycles. The van der Waals surface area contributed by atoms with Crippen LogP contribution in [-0.4, -0.2) is 43.9 Å². The molecule has 0 aliphatic carbocycles. The topological polar surface area (TPSA) is 69.7 Å². The Balaban J connectivity index is 1.49. The fourth-order valence-corrected chi connectivity index (χ4v) is 2.68. The van der Waals surface area contributed by atoms with Gasteiger partial charge in [-0.05, 0) is 24.1 Å². The van der Waals surface area contributed by atoms with Crippen LogP contribution in [0.4, 0.5) is 0 Å². The van der Waals surface area contributed by atoms with E-state index >= 15 is 0 Å². The molecule has 25 heavy (non-hydrogen) atoms. The molecule has 1 fully saturated rings. The van der Waals surface area contributed by atoms with Crippen molar-refractivity contribution in [1.82, 2.24) is 10.3 Å². The molecular weight excluding hydrogens is 320 g/mol. The fourth-order valence-electron chi connectivity index (χ4n) is 2.68. The Bertz CT molecular complexity index is 697. The second kappa shape index (κ2) is 8.48. The first-order valence-electron chi connectivity index (χ1n) is 8.37. The molecule has 1 saturated heterocycles. The number of amides is 1. The molecule has 1 aromatic carbocycles. The number of methoxy groups -OCH3 is 1. The van der Waals surface area contributed by atoms with E-state index in [0.717, 1.165) is 24.3 Å². The molecule has 6 nitrogen and oxygen atoms in total. The third-order valence-electron chi connectivity index (χ3n) is 4.05. The molecule has 1 aliphatic rings. The van der Waals surface area contributed by atoms with Crippen LogP contribution in [0.3, 0.4) is 0 Å². The predicted octanol–water partition coefficient (Wildman–Crippen LogP) is 2.23. The van der Waals surface area contributed by atoms with Crippen LogP contribution in [0.5, 0.6) is 11.6 Å². The van der Waals surface area contributed by atoms with Gasteiger partial charge in [0, 0.05) is 25.2 Å². The van der Waals surface area contributed by atoms with Gasteiger partial charge in [0.05, 0.1) is 25.9 Å². The Labute approximate surface area is 147 Å². The summed E-state index contributed by atoms with van der Waals surface area (Å²) >= 11 is 0. The number of para-hydroxylation sites is 1. The van der Waals surface area contributed by atoms with E-state index in [4.69, 9.17) is 14.2 Å². The van der Waals surface area contributed by atoms with E-state index in [2.05, 4.69) is 10.3 Å². The number of nitrogens with one attached hydrogen (secondary N) is 1. The summed E-state index contributed by atoms with van der Waals surface area (Å²) in [6, 6.07) is 11.2. The lowest BCUT2D eigenvalue weighted by Gasteiger charge is -2.11. The average Bonchev–Trinajstić information content (AvgIpc) is 3.15. The van der Waals surface area contributed by atoms with E-state index in [-0.39, 0.29) is 12.0 Å². The van der Waals surface area contributed by atoms with Gasteiger partial charge in [-0.3, -0.25) is 4.79 Å². The summed E-state index contributed by atoms with van der Waals surface area (Å²) in [5.41, 5.74) is 1.57. The van der Waals surface area contributed by atoms with E-state index in [1.54, 1.807) is 19.2 Å². The third-order valence-corrected chi connectivity index (χ3v) is 4.05. The highest BCUT2D eigenvalue weighted by Crippen LogP contribution is 2.17. The smallest absolute Gasteiger partial charge is 0.252 e. The molecule has 0 spiro atoms. The number of carbonyl (C=O) groups excluding carboxylic acids is 1. The molecule has 1 N–H and O–H groups in total. The number of nitrogens with zero attached hydrogens (tertiary/aromatic N) is 1. The fraction of sp³-hybridized carbons (Fsp3) is 0.368. The average molecular weight is 342 g/mol. The van der Waals surface area contributed by atoms with Gasteiger partial charge in [0.1, 0.15) is 11.9 Å². The lowest BCUT2D eigenvalue weighted by atomic mass is 10.1. The number of aromatic nitrogens is 1. The molecule has 2 aromatic rings. The monoisotopic (exact) mass is 342 g/mol. The summed E-state index contributed by atoms with van der Waals surface area (Å²) < 4.78 is 16.3. The number of rotatable bonds is 7. The molecule has 3 rings (SSSR count). The van der Waals surface area contributed by atoms with Crippen molar-refractivity contribution in [3.8, 4) is 11.6 Å². The summed E-state index contributed by atoms with van der Waals surface area (Å²) in [5.74, 6) is 1.19. The molecule has 6 heteroatoms. The van der Waals surface area contributed by atoms with Crippen LogP contribution in [0.15, 0.2) is 42.6 Å². The highest BCUT2D eigenvalue weighted by molar-refractivity contribution is 5.93. The van der Waals surface area contributed by atoms with Gasteiger partial charge in [-0.2, -0.15) is 0 Å². The predicted molar refractivity (Wildman–Crippen MR) is 93.1 cm³/mol. The number of hydrogen-bond acceptors (Lipinski definition) is 5. The molecule has 0 bridgehead atoms. The molecule has 1 atom stereocenters. The zero-order chi connectivity index (χ0) is 17.5. The summed E-state index contributed by atoms with van der Waals surface area (Å²) in [4.78, 5) is 16.4. The molecular formula is C19H22N2O4. The van der Waals surface area contributed by atoms with Crippen LogP contribution < -0.4 is 14.8 Å². The van der Waals surface area contributed by atoms with E-state index in [1.165, 1.54) is 6.20 Å². The number of ether oxygens (including phenoxy) is 3. The van der Waals surface area contributed by atoms with Gasteiger partial charge in [0.25, 0.3) is 5.91 Å². The summed E-state index contributed by atoms with van der Waals surface area (Å²) in [7, 11) is 1.64. The summed E-state index contributed by atoms with van der Waals surface area (Å²) in [6.07, 6.45) is 3.15. The van der Waals surface area contributed by atoms with E-state index in [1.807, 2.05) is 24.3 Å². The highest BCUT2D eigenvalue weighted by atomic mass is 16.5. The SMILES string of the molecule is COc1ccccc1CCNC(=O)c1ccc(O[C@@H]2CCOC2)nc1. The zero-order valence-corrected chi connectivity index (χ0v) is 14.2. The van der Waals surface area contributed by atoms with Gasteiger partial charge in [0.15, 0.2) is 0 Å². The molecule has 1 amide bonds. The standard InChI is InChI=1S/C19H22N2O4/c1-23-17-5-3-2-4-14(17)8-10-20-19(22)15-6-7-18(21-12-15)25-16-9-11-24-13-16/h2-7,12,16H,8-11,13H2,1H3,(H,20,22)/t16-/m1/s1. The first-order chi connectivity index (χ1) is 12.3. The van der Waals surface area contributed by atoms with Crippen LogP contribution >= 0.6 is 0 Å². The quantitative estimate of drug-likeness (QED) is 0.836. The van der Waals surface area contributed by atoms with Crippen molar-refractivity contribution in [1.29, 1.82) is 0 Å². The van der Waals surface area contributed by atoms with Crippen molar-refractivity contribution in [2.45, 2.75) is 18.9 Å². The van der Waals surface area contributed by atoms with Gasteiger partial charge < -0.3 is 19.5 Å². The lowest BCUT2D eigenvalue weighted by molar-refractivity contribution is 0.0953. The number of hydrogen-bond donors (Lipinski definition) is 1. The van der Waals surface area contributed by atoms with Crippen LogP contribution in [0.25, 0.3) is 0 Å². The second-order valence-corrected chi connectivity index (χ2v) is 5.81. The lowest BCUT2D eigenvalue weighted by Crippen LogP contribution is -2.26. The first-order valence-corrected chi connectivity index (χ1v) is 8.37. The number of pyridine rings is 1. The van der Waals surface area contributed by atoms with Gasteiger partial charge in [-0.25, -0.2) is 4.98 Å². The van der Waals surface area contributed by atoms with E-state index < -0.39 is 0 Å². The maximum atomic E-state index is 12.2. The Kier molecular flexibility index (Phi) is 5.85. The molecule has 0 unspecified atom stereocenters. The van der Waals surface area contributed by atoms with E-state index in [9.17, 15) is 4.79 Å². The van der Waals surface area contributed by atoms with Crippen molar-refractivity contribution in [3.05, 3.63) is 53.7 Å². The number of carbonyl (C=O) groups is 1. The minimum Gasteiger partial charge on any atom is -0.496 e. The van der Waals surface area contributed by atoms with Crippen molar-refractivity contribution in [3.63, 3.8) is 0 Å². The highest BCUT2D eigenvalue weighted by Gasteiger charge is 2.17. The minimum absolute atomic E-state index is 0.0491. The van der Waals surface area contributed by atoms with Crippen molar-refractivity contribution in [2.75, 3.05) is 26.9 Å². The largest absolute Gasteiger partial charge is 0.496 e. The van der Waals surface area contributed by atoms with Crippen molar-refractivity contribution in [2.24, 2.45) is 0 Å². The van der Waals surface area contributed by atoms with Crippen LogP contribution in [0.2, 0.25) is 0 Å². The normalized spacial score (nSPS) is 16.4. The Morgan fingerprint density at radius 1 is 1.32 bits per heavy atom. The number of benzene rings is 1. The third kappa shape index (κ3) is 4.70. The molecule has 0 radical (unpaired) electrons. The van der Waals surface area contributed by atoms with Gasteiger partial charge in [0.2, 0.25) is 5.88 Å². The maximum absolute atomic E-state index is 12.2. The van der Waals surface area contributed by atoms with E-state index in [0.29, 0.717) is 31.0 Å². The Hall–Kier alpha value is -2.60. The van der Waals surface area contributed by atoms with Crippen LogP contribution in [0, 0.1) is 0 Å². The van der Waals surface area contributed by atoms with Gasteiger partial charge in [-0.15, -0.1) is 0 Å². The molecule has 132 valence electrons. The van der Waals surface area contributed by atoms with Crippen LogP contribution in [0.1, 0.15) is 22.3 Å². The Morgan fingerprint density at radius 3 is 2.92 bits per heavy atom.